The Labute approximate surface area is 125 Å². The quantitative estimate of drug-likeness (QED) is 0.821. The maximum Gasteiger partial charge on any atom is 0.215 e. The molecule has 0 radical (unpaired) electrons. The van der Waals surface area contributed by atoms with E-state index in [0.29, 0.717) is 12.5 Å². The predicted octanol–water partition coefficient (Wildman–Crippen LogP) is 2.10. The highest BCUT2D eigenvalue weighted by Gasteiger charge is 2.35. The standard InChI is InChI=1S/C15H21N3O2S/c1-12(13-7-8-13)17(2)21(19,20)10-9-18-11-16-14-5-3-4-6-15(14)18/h3-6,11-13H,7-10H2,1-2H3. The largest absolute Gasteiger partial charge is 0.330 e. The third-order valence-corrected chi connectivity index (χ3v) is 6.34. The van der Waals surface area contributed by atoms with E-state index in [4.69, 9.17) is 0 Å². The molecule has 2 aromatic rings. The highest BCUT2D eigenvalue weighted by atomic mass is 32.2. The average molecular weight is 307 g/mol. The van der Waals surface area contributed by atoms with Crippen LogP contribution in [0.1, 0.15) is 19.8 Å². The molecule has 1 fully saturated rings. The van der Waals surface area contributed by atoms with Crippen LogP contribution >= 0.6 is 0 Å². The third kappa shape index (κ3) is 2.96. The third-order valence-electron chi connectivity index (χ3n) is 4.43. The lowest BCUT2D eigenvalue weighted by Gasteiger charge is -2.24. The Balaban J connectivity index is 1.71. The van der Waals surface area contributed by atoms with Crippen molar-refractivity contribution in [3.8, 4) is 0 Å². The molecule has 21 heavy (non-hydrogen) atoms. The second-order valence-corrected chi connectivity index (χ2v) is 7.98. The van der Waals surface area contributed by atoms with Crippen molar-refractivity contribution in [2.24, 2.45) is 5.92 Å². The van der Waals surface area contributed by atoms with E-state index in [1.54, 1.807) is 17.7 Å². The van der Waals surface area contributed by atoms with Crippen LogP contribution in [-0.2, 0) is 16.6 Å². The second kappa shape index (κ2) is 5.42. The van der Waals surface area contributed by atoms with Crippen LogP contribution in [0.25, 0.3) is 11.0 Å². The van der Waals surface area contributed by atoms with Gasteiger partial charge in [-0.2, -0.15) is 0 Å². The van der Waals surface area contributed by atoms with Crippen LogP contribution in [0.15, 0.2) is 30.6 Å². The van der Waals surface area contributed by atoms with E-state index in [1.165, 1.54) is 0 Å². The number of benzene rings is 1. The van der Waals surface area contributed by atoms with Gasteiger partial charge in [-0.1, -0.05) is 12.1 Å². The van der Waals surface area contributed by atoms with Crippen molar-refractivity contribution in [2.75, 3.05) is 12.8 Å². The molecule has 6 heteroatoms. The van der Waals surface area contributed by atoms with Gasteiger partial charge in [0.25, 0.3) is 0 Å². The minimum atomic E-state index is -3.22. The summed E-state index contributed by atoms with van der Waals surface area (Å²) in [6, 6.07) is 7.87. The van der Waals surface area contributed by atoms with Crippen molar-refractivity contribution in [3.05, 3.63) is 30.6 Å². The average Bonchev–Trinajstić information content (AvgIpc) is 3.24. The number of hydrogen-bond acceptors (Lipinski definition) is 3. The number of aryl methyl sites for hydroxylation is 1. The van der Waals surface area contributed by atoms with Gasteiger partial charge in [0.2, 0.25) is 10.0 Å². The number of rotatable bonds is 6. The smallest absolute Gasteiger partial charge is 0.215 e. The van der Waals surface area contributed by atoms with Gasteiger partial charge < -0.3 is 4.57 Å². The molecule has 1 aliphatic rings. The topological polar surface area (TPSA) is 55.2 Å². The van der Waals surface area contributed by atoms with Crippen molar-refractivity contribution in [3.63, 3.8) is 0 Å². The van der Waals surface area contributed by atoms with Crippen LogP contribution in [-0.4, -0.2) is 41.1 Å². The summed E-state index contributed by atoms with van der Waals surface area (Å²) in [6.07, 6.45) is 4.00. The fraction of sp³-hybridized carbons (Fsp3) is 0.533. The lowest BCUT2D eigenvalue weighted by atomic mass is 10.2. The minimum Gasteiger partial charge on any atom is -0.330 e. The van der Waals surface area contributed by atoms with E-state index in [2.05, 4.69) is 4.98 Å². The Morgan fingerprint density at radius 2 is 2.10 bits per heavy atom. The summed E-state index contributed by atoms with van der Waals surface area (Å²) >= 11 is 0. The van der Waals surface area contributed by atoms with Crippen LogP contribution in [0.5, 0.6) is 0 Å². The second-order valence-electron chi connectivity index (χ2n) is 5.84. The summed E-state index contributed by atoms with van der Waals surface area (Å²) in [5.74, 6) is 0.653. The first-order chi connectivity index (χ1) is 9.99. The number of fused-ring (bicyclic) bond motifs is 1. The Kier molecular flexibility index (Phi) is 3.75. The predicted molar refractivity (Wildman–Crippen MR) is 83.5 cm³/mol. The number of sulfonamides is 1. The molecule has 1 unspecified atom stereocenters. The summed E-state index contributed by atoms with van der Waals surface area (Å²) in [5.41, 5.74) is 1.88. The fourth-order valence-electron chi connectivity index (χ4n) is 2.68. The van der Waals surface area contributed by atoms with E-state index in [0.717, 1.165) is 23.9 Å². The molecule has 1 heterocycles. The van der Waals surface area contributed by atoms with Gasteiger partial charge in [-0.25, -0.2) is 17.7 Å². The van der Waals surface area contributed by atoms with Crippen molar-refractivity contribution in [1.82, 2.24) is 13.9 Å². The highest BCUT2D eigenvalue weighted by Crippen LogP contribution is 2.35. The van der Waals surface area contributed by atoms with E-state index in [1.807, 2.05) is 35.8 Å². The molecule has 0 saturated heterocycles. The molecule has 1 aliphatic carbocycles. The molecular formula is C15H21N3O2S. The molecule has 1 aromatic carbocycles. The lowest BCUT2D eigenvalue weighted by molar-refractivity contribution is 0.356. The van der Waals surface area contributed by atoms with Crippen LogP contribution in [0, 0.1) is 5.92 Å². The van der Waals surface area contributed by atoms with E-state index in [-0.39, 0.29) is 11.8 Å². The van der Waals surface area contributed by atoms with Gasteiger partial charge in [0, 0.05) is 19.6 Å². The van der Waals surface area contributed by atoms with Crippen molar-refractivity contribution >= 4 is 21.1 Å². The number of hydrogen-bond donors (Lipinski definition) is 0. The minimum absolute atomic E-state index is 0.106. The number of aromatic nitrogens is 2. The molecule has 0 amide bonds. The first-order valence-corrected chi connectivity index (χ1v) is 8.95. The normalized spacial score (nSPS) is 17.5. The SMILES string of the molecule is CC(C1CC1)N(C)S(=O)(=O)CCn1cnc2ccccc21. The maximum atomic E-state index is 12.4. The molecule has 5 nitrogen and oxygen atoms in total. The monoisotopic (exact) mass is 307 g/mol. The molecular weight excluding hydrogens is 286 g/mol. The number of nitrogens with zero attached hydrogens (tertiary/aromatic N) is 3. The summed E-state index contributed by atoms with van der Waals surface area (Å²) in [5, 5.41) is 0. The van der Waals surface area contributed by atoms with Crippen LogP contribution in [0.3, 0.4) is 0 Å². The lowest BCUT2D eigenvalue weighted by Crippen LogP contribution is -2.38. The van der Waals surface area contributed by atoms with Crippen LogP contribution in [0.2, 0.25) is 0 Å². The highest BCUT2D eigenvalue weighted by molar-refractivity contribution is 7.89. The Hall–Kier alpha value is -1.40. The molecule has 114 valence electrons. The van der Waals surface area contributed by atoms with E-state index in [9.17, 15) is 8.42 Å². The van der Waals surface area contributed by atoms with Gasteiger partial charge in [0.05, 0.1) is 23.1 Å². The van der Waals surface area contributed by atoms with Gasteiger partial charge in [0.15, 0.2) is 0 Å². The Morgan fingerprint density at radius 1 is 1.38 bits per heavy atom. The first kappa shape index (κ1) is 14.5. The van der Waals surface area contributed by atoms with E-state index >= 15 is 0 Å². The number of imidazole rings is 1. The maximum absolute atomic E-state index is 12.4. The number of para-hydroxylation sites is 2. The van der Waals surface area contributed by atoms with Crippen molar-refractivity contribution in [1.29, 1.82) is 0 Å². The van der Waals surface area contributed by atoms with Crippen molar-refractivity contribution in [2.45, 2.75) is 32.4 Å². The molecule has 1 aromatic heterocycles. The first-order valence-electron chi connectivity index (χ1n) is 7.34. The van der Waals surface area contributed by atoms with Gasteiger partial charge in [0.1, 0.15) is 0 Å². The Morgan fingerprint density at radius 3 is 2.81 bits per heavy atom. The van der Waals surface area contributed by atoms with Gasteiger partial charge >= 0.3 is 0 Å². The zero-order valence-electron chi connectivity index (χ0n) is 12.4. The van der Waals surface area contributed by atoms with Gasteiger partial charge in [-0.3, -0.25) is 0 Å². The van der Waals surface area contributed by atoms with Gasteiger partial charge in [-0.15, -0.1) is 0 Å². The molecule has 3 rings (SSSR count). The molecule has 0 spiro atoms. The molecule has 1 saturated carbocycles. The molecule has 0 aliphatic heterocycles. The molecule has 1 atom stereocenters. The molecule has 0 bridgehead atoms. The Bertz CT molecular complexity index is 734. The molecule has 0 N–H and O–H groups in total. The summed E-state index contributed by atoms with van der Waals surface area (Å²) in [7, 11) is -1.53. The van der Waals surface area contributed by atoms with Crippen LogP contribution < -0.4 is 0 Å². The fourth-order valence-corrected chi connectivity index (χ4v) is 4.07. The summed E-state index contributed by atoms with van der Waals surface area (Å²) in [6.45, 7) is 2.44. The zero-order valence-corrected chi connectivity index (χ0v) is 13.3. The summed E-state index contributed by atoms with van der Waals surface area (Å²) < 4.78 is 28.3. The van der Waals surface area contributed by atoms with Gasteiger partial charge in [-0.05, 0) is 37.8 Å². The van der Waals surface area contributed by atoms with Crippen molar-refractivity contribution < 1.29 is 8.42 Å². The van der Waals surface area contributed by atoms with Crippen LogP contribution in [0.4, 0.5) is 0 Å². The summed E-state index contributed by atoms with van der Waals surface area (Å²) in [4.78, 5) is 4.29. The zero-order chi connectivity index (χ0) is 15.0. The van der Waals surface area contributed by atoms with E-state index < -0.39 is 10.0 Å².